The lowest BCUT2D eigenvalue weighted by molar-refractivity contribution is 0.580. The number of nitrogens with zero attached hydrogens (tertiary/aromatic N) is 1. The molecule has 138 valence electrons. The predicted octanol–water partition coefficient (Wildman–Crippen LogP) is 3.93. The normalized spacial score (nSPS) is 12.0. The number of fused-ring (bicyclic) bond motifs is 1. The van der Waals surface area contributed by atoms with Crippen LogP contribution in [0.5, 0.6) is 0 Å². The summed E-state index contributed by atoms with van der Waals surface area (Å²) in [5.74, 6) is 0. The lowest BCUT2D eigenvalue weighted by Crippen LogP contribution is -2.27. The van der Waals surface area contributed by atoms with Crippen molar-refractivity contribution in [1.29, 1.82) is 0 Å². The Bertz CT molecular complexity index is 1060. The SMILES string of the molecule is Cc1cc(C)c(S(=O)(=O)NCCc2c(C)n(C)c3ccccc23)c(C)c1. The molecular weight excluding hydrogens is 344 g/mol. The molecule has 2 aromatic carbocycles. The van der Waals surface area contributed by atoms with Gasteiger partial charge in [-0.05, 0) is 56.9 Å². The average molecular weight is 371 g/mol. The highest BCUT2D eigenvalue weighted by atomic mass is 32.2. The topological polar surface area (TPSA) is 51.1 Å². The summed E-state index contributed by atoms with van der Waals surface area (Å²) in [7, 11) is -1.48. The fourth-order valence-corrected chi connectivity index (χ4v) is 5.37. The van der Waals surface area contributed by atoms with Crippen molar-refractivity contribution in [2.24, 2.45) is 7.05 Å². The van der Waals surface area contributed by atoms with Crippen LogP contribution < -0.4 is 4.72 Å². The molecule has 0 aliphatic carbocycles. The van der Waals surface area contributed by atoms with Gasteiger partial charge in [0, 0.05) is 30.2 Å². The van der Waals surface area contributed by atoms with Crippen LogP contribution in [-0.4, -0.2) is 19.5 Å². The molecule has 3 rings (SSSR count). The van der Waals surface area contributed by atoms with Gasteiger partial charge >= 0.3 is 0 Å². The van der Waals surface area contributed by atoms with E-state index in [-0.39, 0.29) is 0 Å². The number of para-hydroxylation sites is 1. The lowest BCUT2D eigenvalue weighted by Gasteiger charge is -2.13. The Balaban J connectivity index is 1.84. The van der Waals surface area contributed by atoms with Gasteiger partial charge in [-0.1, -0.05) is 35.9 Å². The molecule has 5 heteroatoms. The molecule has 0 bridgehead atoms. The third-order valence-electron chi connectivity index (χ3n) is 5.07. The largest absolute Gasteiger partial charge is 0.348 e. The molecule has 0 atom stereocenters. The van der Waals surface area contributed by atoms with Gasteiger partial charge in [0.05, 0.1) is 4.90 Å². The number of hydrogen-bond acceptors (Lipinski definition) is 2. The van der Waals surface area contributed by atoms with Crippen LogP contribution in [0.4, 0.5) is 0 Å². The van der Waals surface area contributed by atoms with Gasteiger partial charge in [-0.25, -0.2) is 13.1 Å². The first-order valence-corrected chi connectivity index (χ1v) is 10.3. The molecule has 0 radical (unpaired) electrons. The van der Waals surface area contributed by atoms with E-state index in [2.05, 4.69) is 28.3 Å². The standard InChI is InChI=1S/C21H26N2O2S/c1-14-12-15(2)21(16(3)13-14)26(24,25)22-11-10-18-17(4)23(5)20-9-7-6-8-19(18)20/h6-9,12-13,22H,10-11H2,1-5H3. The monoisotopic (exact) mass is 370 g/mol. The van der Waals surface area contributed by atoms with Gasteiger partial charge in [0.2, 0.25) is 10.0 Å². The summed E-state index contributed by atoms with van der Waals surface area (Å²) in [5.41, 5.74) is 6.20. The maximum absolute atomic E-state index is 12.8. The van der Waals surface area contributed by atoms with E-state index in [9.17, 15) is 8.42 Å². The molecule has 0 amide bonds. The van der Waals surface area contributed by atoms with E-state index < -0.39 is 10.0 Å². The molecule has 4 nitrogen and oxygen atoms in total. The van der Waals surface area contributed by atoms with E-state index in [1.165, 1.54) is 22.2 Å². The molecule has 0 fully saturated rings. The van der Waals surface area contributed by atoms with Gasteiger partial charge in [-0.3, -0.25) is 0 Å². The summed E-state index contributed by atoms with van der Waals surface area (Å²) >= 11 is 0. The van der Waals surface area contributed by atoms with E-state index in [1.807, 2.05) is 52.1 Å². The number of sulfonamides is 1. The molecule has 0 saturated heterocycles. The average Bonchev–Trinajstić information content (AvgIpc) is 2.79. The third kappa shape index (κ3) is 3.29. The summed E-state index contributed by atoms with van der Waals surface area (Å²) in [6.07, 6.45) is 0.663. The van der Waals surface area contributed by atoms with Crippen molar-refractivity contribution in [2.45, 2.75) is 39.0 Å². The molecule has 0 spiro atoms. The van der Waals surface area contributed by atoms with Crippen molar-refractivity contribution in [2.75, 3.05) is 6.54 Å². The predicted molar refractivity (Wildman–Crippen MR) is 107 cm³/mol. The number of hydrogen-bond donors (Lipinski definition) is 1. The molecule has 0 aliphatic heterocycles. The zero-order valence-corrected chi connectivity index (χ0v) is 16.9. The first-order valence-electron chi connectivity index (χ1n) is 8.83. The van der Waals surface area contributed by atoms with Gasteiger partial charge in [0.1, 0.15) is 0 Å². The molecule has 3 aromatic rings. The zero-order valence-electron chi connectivity index (χ0n) is 16.1. The summed E-state index contributed by atoms with van der Waals surface area (Å²) in [5, 5.41) is 1.19. The lowest BCUT2D eigenvalue weighted by atomic mass is 10.1. The molecule has 0 aliphatic rings. The second kappa shape index (κ2) is 6.89. The Labute approximate surface area is 155 Å². The van der Waals surface area contributed by atoms with Crippen molar-refractivity contribution >= 4 is 20.9 Å². The Morgan fingerprint density at radius 3 is 2.27 bits per heavy atom. The van der Waals surface area contributed by atoms with Crippen LogP contribution in [-0.2, 0) is 23.5 Å². The minimum absolute atomic E-state index is 0.379. The number of rotatable bonds is 5. The summed E-state index contributed by atoms with van der Waals surface area (Å²) in [6.45, 7) is 8.14. The van der Waals surface area contributed by atoms with Crippen LogP contribution >= 0.6 is 0 Å². The highest BCUT2D eigenvalue weighted by Crippen LogP contribution is 2.25. The van der Waals surface area contributed by atoms with E-state index in [0.717, 1.165) is 16.7 Å². The maximum atomic E-state index is 12.8. The first-order chi connectivity index (χ1) is 12.2. The van der Waals surface area contributed by atoms with Crippen LogP contribution in [0.3, 0.4) is 0 Å². The molecular formula is C21H26N2O2S. The van der Waals surface area contributed by atoms with Crippen LogP contribution in [0.15, 0.2) is 41.3 Å². The smallest absolute Gasteiger partial charge is 0.241 e. The van der Waals surface area contributed by atoms with Crippen LogP contribution in [0.25, 0.3) is 10.9 Å². The minimum Gasteiger partial charge on any atom is -0.348 e. The number of benzene rings is 2. The second-order valence-electron chi connectivity index (χ2n) is 7.02. The van der Waals surface area contributed by atoms with Crippen molar-refractivity contribution in [1.82, 2.24) is 9.29 Å². The van der Waals surface area contributed by atoms with Gasteiger partial charge in [-0.15, -0.1) is 0 Å². The Morgan fingerprint density at radius 1 is 1.00 bits per heavy atom. The van der Waals surface area contributed by atoms with Crippen molar-refractivity contribution in [3.05, 3.63) is 64.3 Å². The number of nitrogens with one attached hydrogen (secondary N) is 1. The molecule has 0 saturated carbocycles. The van der Waals surface area contributed by atoms with E-state index in [0.29, 0.717) is 17.9 Å². The Hall–Kier alpha value is -2.11. The number of aromatic nitrogens is 1. The van der Waals surface area contributed by atoms with Crippen molar-refractivity contribution < 1.29 is 8.42 Å². The molecule has 26 heavy (non-hydrogen) atoms. The maximum Gasteiger partial charge on any atom is 0.241 e. The molecule has 1 N–H and O–H groups in total. The third-order valence-corrected chi connectivity index (χ3v) is 6.84. The van der Waals surface area contributed by atoms with Crippen LogP contribution in [0.1, 0.15) is 27.9 Å². The highest BCUT2D eigenvalue weighted by Gasteiger charge is 2.20. The summed E-state index contributed by atoms with van der Waals surface area (Å²) in [6, 6.07) is 12.1. The highest BCUT2D eigenvalue weighted by molar-refractivity contribution is 7.89. The summed E-state index contributed by atoms with van der Waals surface area (Å²) < 4.78 is 30.6. The zero-order chi connectivity index (χ0) is 19.1. The fraction of sp³-hybridized carbons (Fsp3) is 0.333. The fourth-order valence-electron chi connectivity index (χ4n) is 3.89. The molecule has 1 aromatic heterocycles. The van der Waals surface area contributed by atoms with Crippen LogP contribution in [0.2, 0.25) is 0 Å². The molecule has 1 heterocycles. The van der Waals surface area contributed by atoms with Gasteiger partial charge in [-0.2, -0.15) is 0 Å². The molecule has 0 unspecified atom stereocenters. The van der Waals surface area contributed by atoms with E-state index in [4.69, 9.17) is 0 Å². The van der Waals surface area contributed by atoms with Gasteiger partial charge in [0.25, 0.3) is 0 Å². The van der Waals surface area contributed by atoms with E-state index >= 15 is 0 Å². The second-order valence-corrected chi connectivity index (χ2v) is 8.72. The quantitative estimate of drug-likeness (QED) is 0.740. The van der Waals surface area contributed by atoms with Gasteiger partial charge in [0.15, 0.2) is 0 Å². The Morgan fingerprint density at radius 2 is 1.62 bits per heavy atom. The first kappa shape index (κ1) is 18.7. The number of aryl methyl sites for hydroxylation is 4. The Kier molecular flexibility index (Phi) is 4.95. The van der Waals surface area contributed by atoms with E-state index in [1.54, 1.807) is 0 Å². The van der Waals surface area contributed by atoms with Crippen LogP contribution in [0, 0.1) is 27.7 Å². The summed E-state index contributed by atoms with van der Waals surface area (Å²) in [4.78, 5) is 0.401. The van der Waals surface area contributed by atoms with Crippen molar-refractivity contribution in [3.63, 3.8) is 0 Å². The minimum atomic E-state index is -3.52. The van der Waals surface area contributed by atoms with Crippen molar-refractivity contribution in [3.8, 4) is 0 Å². The van der Waals surface area contributed by atoms with Gasteiger partial charge < -0.3 is 4.57 Å².